The second-order valence-electron chi connectivity index (χ2n) is 6.03. The number of ether oxygens (including phenoxy) is 1. The van der Waals surface area contributed by atoms with Crippen molar-refractivity contribution in [2.24, 2.45) is 11.3 Å². The lowest BCUT2D eigenvalue weighted by Crippen LogP contribution is -2.31. The molecule has 0 heterocycles. The van der Waals surface area contributed by atoms with Crippen LogP contribution in [0.1, 0.15) is 44.7 Å². The Hall–Kier alpha value is -1.02. The molecule has 0 aliphatic heterocycles. The van der Waals surface area contributed by atoms with Gasteiger partial charge in [-0.3, -0.25) is 0 Å². The third-order valence-corrected chi connectivity index (χ3v) is 4.51. The van der Waals surface area contributed by atoms with Crippen molar-refractivity contribution in [1.29, 1.82) is 0 Å². The van der Waals surface area contributed by atoms with Crippen LogP contribution < -0.4 is 10.1 Å². The zero-order valence-corrected chi connectivity index (χ0v) is 12.0. The molecule has 0 spiro atoms. The molecule has 1 aromatic carbocycles. The molecule has 0 saturated heterocycles. The molecular weight excluding hydrogens is 222 g/mol. The summed E-state index contributed by atoms with van der Waals surface area (Å²) in [4.78, 5) is 0. The summed E-state index contributed by atoms with van der Waals surface area (Å²) in [6.45, 7) is 4.80. The van der Waals surface area contributed by atoms with Crippen LogP contribution in [0.5, 0.6) is 5.75 Å². The number of nitrogens with one attached hydrogen (secondary N) is 1. The van der Waals surface area contributed by atoms with Crippen LogP contribution >= 0.6 is 0 Å². The maximum Gasteiger partial charge on any atom is 0.119 e. The van der Waals surface area contributed by atoms with Crippen LogP contribution in [0.15, 0.2) is 24.3 Å². The van der Waals surface area contributed by atoms with E-state index in [4.69, 9.17) is 4.74 Å². The van der Waals surface area contributed by atoms with Gasteiger partial charge in [-0.05, 0) is 48.9 Å². The van der Waals surface area contributed by atoms with Gasteiger partial charge in [0.05, 0.1) is 7.11 Å². The maximum absolute atomic E-state index is 5.34. The summed E-state index contributed by atoms with van der Waals surface area (Å²) >= 11 is 0. The summed E-state index contributed by atoms with van der Waals surface area (Å²) in [5.74, 6) is 1.65. The van der Waals surface area contributed by atoms with Gasteiger partial charge in [0, 0.05) is 6.04 Å². The predicted octanol–water partition coefficient (Wildman–Crippen LogP) is 3.78. The molecule has 1 saturated carbocycles. The molecule has 2 nitrogen and oxygen atoms in total. The lowest BCUT2D eigenvalue weighted by molar-refractivity contribution is 0.203. The first kappa shape index (κ1) is 13.4. The van der Waals surface area contributed by atoms with E-state index < -0.39 is 0 Å². The first-order chi connectivity index (χ1) is 8.58. The average Bonchev–Trinajstić information content (AvgIpc) is 2.71. The number of rotatable bonds is 4. The van der Waals surface area contributed by atoms with E-state index in [2.05, 4.69) is 44.4 Å². The monoisotopic (exact) mass is 247 g/mol. The normalized spacial score (nSPS) is 23.9. The molecule has 0 amide bonds. The molecule has 1 N–H and O–H groups in total. The van der Waals surface area contributed by atoms with E-state index in [1.807, 2.05) is 6.07 Å². The van der Waals surface area contributed by atoms with Crippen molar-refractivity contribution in [3.8, 4) is 5.75 Å². The molecule has 2 unspecified atom stereocenters. The Bertz CT molecular complexity index is 400. The molecule has 2 atom stereocenters. The summed E-state index contributed by atoms with van der Waals surface area (Å²) in [7, 11) is 3.80. The van der Waals surface area contributed by atoms with Crippen LogP contribution in [0.25, 0.3) is 0 Å². The van der Waals surface area contributed by atoms with Crippen molar-refractivity contribution in [2.75, 3.05) is 14.2 Å². The van der Waals surface area contributed by atoms with Crippen LogP contribution in [0.4, 0.5) is 0 Å². The first-order valence-electron chi connectivity index (χ1n) is 6.89. The topological polar surface area (TPSA) is 21.3 Å². The molecule has 2 heteroatoms. The zero-order chi connectivity index (χ0) is 13.2. The minimum absolute atomic E-state index is 0.427. The molecule has 0 radical (unpaired) electrons. The molecule has 0 aromatic heterocycles. The fourth-order valence-corrected chi connectivity index (χ4v) is 3.41. The van der Waals surface area contributed by atoms with Crippen molar-refractivity contribution in [3.63, 3.8) is 0 Å². The van der Waals surface area contributed by atoms with E-state index in [1.54, 1.807) is 7.11 Å². The third kappa shape index (κ3) is 2.54. The van der Waals surface area contributed by atoms with Crippen molar-refractivity contribution >= 4 is 0 Å². The van der Waals surface area contributed by atoms with E-state index in [-0.39, 0.29) is 0 Å². The Morgan fingerprint density at radius 3 is 2.72 bits per heavy atom. The van der Waals surface area contributed by atoms with Gasteiger partial charge in [-0.1, -0.05) is 32.4 Å². The van der Waals surface area contributed by atoms with E-state index in [0.717, 1.165) is 5.75 Å². The molecular formula is C16H25NO. The summed E-state index contributed by atoms with van der Waals surface area (Å²) in [6.07, 6.45) is 4.00. The summed E-state index contributed by atoms with van der Waals surface area (Å²) in [5.41, 5.74) is 1.77. The number of hydrogen-bond acceptors (Lipinski definition) is 2. The standard InChI is InChI=1S/C16H25NO/c1-16(2)10-6-9-14(16)15(17-3)12-7-5-8-13(11-12)18-4/h5,7-8,11,14-15,17H,6,9-10H2,1-4H3. The fraction of sp³-hybridized carbons (Fsp3) is 0.625. The van der Waals surface area contributed by atoms with Crippen LogP contribution in [-0.2, 0) is 0 Å². The molecule has 1 aromatic rings. The Labute approximate surface area is 111 Å². The SMILES string of the molecule is CNC(c1cccc(OC)c1)C1CCCC1(C)C. The fourth-order valence-electron chi connectivity index (χ4n) is 3.41. The lowest BCUT2D eigenvalue weighted by atomic mass is 9.75. The quantitative estimate of drug-likeness (QED) is 0.874. The van der Waals surface area contributed by atoms with E-state index in [9.17, 15) is 0 Å². The van der Waals surface area contributed by atoms with Gasteiger partial charge in [-0.2, -0.15) is 0 Å². The minimum atomic E-state index is 0.427. The van der Waals surface area contributed by atoms with Gasteiger partial charge in [-0.15, -0.1) is 0 Å². The largest absolute Gasteiger partial charge is 0.497 e. The Balaban J connectivity index is 2.27. The average molecular weight is 247 g/mol. The van der Waals surface area contributed by atoms with Crippen molar-refractivity contribution in [1.82, 2.24) is 5.32 Å². The maximum atomic E-state index is 5.34. The Morgan fingerprint density at radius 1 is 1.39 bits per heavy atom. The van der Waals surface area contributed by atoms with Gasteiger partial charge in [0.15, 0.2) is 0 Å². The molecule has 18 heavy (non-hydrogen) atoms. The molecule has 100 valence electrons. The van der Waals surface area contributed by atoms with E-state index in [0.29, 0.717) is 17.4 Å². The van der Waals surface area contributed by atoms with Gasteiger partial charge in [-0.25, -0.2) is 0 Å². The highest BCUT2D eigenvalue weighted by Gasteiger charge is 2.39. The van der Waals surface area contributed by atoms with Gasteiger partial charge in [0.2, 0.25) is 0 Å². The Kier molecular flexibility index (Phi) is 3.96. The van der Waals surface area contributed by atoms with Crippen molar-refractivity contribution in [3.05, 3.63) is 29.8 Å². The minimum Gasteiger partial charge on any atom is -0.497 e. The highest BCUT2D eigenvalue weighted by Crippen LogP contribution is 2.48. The molecule has 0 bridgehead atoms. The van der Waals surface area contributed by atoms with E-state index in [1.165, 1.54) is 24.8 Å². The number of benzene rings is 1. The molecule has 1 aliphatic carbocycles. The third-order valence-electron chi connectivity index (χ3n) is 4.51. The highest BCUT2D eigenvalue weighted by molar-refractivity contribution is 5.31. The van der Waals surface area contributed by atoms with Gasteiger partial charge in [0.1, 0.15) is 5.75 Å². The summed E-state index contributed by atoms with van der Waals surface area (Å²) in [6, 6.07) is 8.89. The van der Waals surface area contributed by atoms with Crippen molar-refractivity contribution in [2.45, 2.75) is 39.2 Å². The van der Waals surface area contributed by atoms with Gasteiger partial charge in [0.25, 0.3) is 0 Å². The number of methoxy groups -OCH3 is 1. The van der Waals surface area contributed by atoms with Crippen LogP contribution in [0.2, 0.25) is 0 Å². The van der Waals surface area contributed by atoms with Gasteiger partial charge >= 0.3 is 0 Å². The zero-order valence-electron chi connectivity index (χ0n) is 12.0. The van der Waals surface area contributed by atoms with Crippen LogP contribution in [-0.4, -0.2) is 14.2 Å². The number of hydrogen-bond donors (Lipinski definition) is 1. The van der Waals surface area contributed by atoms with Gasteiger partial charge < -0.3 is 10.1 Å². The van der Waals surface area contributed by atoms with Crippen LogP contribution in [0, 0.1) is 11.3 Å². The molecule has 1 aliphatic rings. The lowest BCUT2D eigenvalue weighted by Gasteiger charge is -2.34. The van der Waals surface area contributed by atoms with Crippen molar-refractivity contribution < 1.29 is 4.74 Å². The smallest absolute Gasteiger partial charge is 0.119 e. The Morgan fingerprint density at radius 2 is 2.17 bits per heavy atom. The molecule has 1 fully saturated rings. The highest BCUT2D eigenvalue weighted by atomic mass is 16.5. The molecule has 2 rings (SSSR count). The summed E-state index contributed by atoms with van der Waals surface area (Å²) < 4.78 is 5.34. The first-order valence-corrected chi connectivity index (χ1v) is 6.89. The second kappa shape index (κ2) is 5.31. The predicted molar refractivity (Wildman–Crippen MR) is 75.9 cm³/mol. The van der Waals surface area contributed by atoms with Crippen LogP contribution in [0.3, 0.4) is 0 Å². The second-order valence-corrected chi connectivity index (χ2v) is 6.03. The van der Waals surface area contributed by atoms with E-state index >= 15 is 0 Å². The summed E-state index contributed by atoms with van der Waals surface area (Å²) in [5, 5.41) is 3.51.